The second-order valence-corrected chi connectivity index (χ2v) is 8.52. The number of likely N-dealkylation sites (tertiary alicyclic amines) is 1. The molecule has 1 aliphatic carbocycles. The van der Waals surface area contributed by atoms with E-state index < -0.39 is 6.10 Å². The number of hydrogen-bond acceptors (Lipinski definition) is 5. The van der Waals surface area contributed by atoms with Crippen LogP contribution in [0.4, 0.5) is 0 Å². The standard InChI is InChI=1S/C23H35N3O2/c1-25(21-7-3-2-4-8-21)17-22(27)18-28-23-9-5-6-20(14-23)16-26-12-10-19(15-24)11-13-26/h5-6,9,14,19,21-22,27H,2-4,7-8,10-13,16-18H2,1H3. The van der Waals surface area contributed by atoms with Crippen LogP contribution in [0.3, 0.4) is 0 Å². The highest BCUT2D eigenvalue weighted by molar-refractivity contribution is 5.28. The Morgan fingerprint density at radius 1 is 1.21 bits per heavy atom. The quantitative estimate of drug-likeness (QED) is 0.743. The minimum Gasteiger partial charge on any atom is -0.491 e. The number of likely N-dealkylation sites (N-methyl/N-ethyl adjacent to an activating group) is 1. The molecule has 0 spiro atoms. The topological polar surface area (TPSA) is 59.7 Å². The Morgan fingerprint density at radius 3 is 2.68 bits per heavy atom. The van der Waals surface area contributed by atoms with Crippen molar-refractivity contribution in [1.29, 1.82) is 5.26 Å². The molecule has 0 aromatic heterocycles. The van der Waals surface area contributed by atoms with Gasteiger partial charge in [-0.1, -0.05) is 31.4 Å². The van der Waals surface area contributed by atoms with E-state index in [1.54, 1.807) is 0 Å². The highest BCUT2D eigenvalue weighted by Gasteiger charge is 2.21. The third kappa shape index (κ3) is 6.48. The fourth-order valence-electron chi connectivity index (χ4n) is 4.46. The maximum absolute atomic E-state index is 10.4. The third-order valence-electron chi connectivity index (χ3n) is 6.21. The number of piperidine rings is 1. The van der Waals surface area contributed by atoms with Gasteiger partial charge in [0.2, 0.25) is 0 Å². The molecule has 154 valence electrons. The molecule has 1 aromatic rings. The lowest BCUT2D eigenvalue weighted by Gasteiger charge is -2.32. The number of aliphatic hydroxyl groups is 1. The molecule has 1 atom stereocenters. The summed E-state index contributed by atoms with van der Waals surface area (Å²) in [6.45, 7) is 3.85. The van der Waals surface area contributed by atoms with Crippen LogP contribution in [-0.2, 0) is 6.54 Å². The highest BCUT2D eigenvalue weighted by atomic mass is 16.5. The van der Waals surface area contributed by atoms with Gasteiger partial charge in [0, 0.05) is 25.0 Å². The van der Waals surface area contributed by atoms with Gasteiger partial charge in [0.05, 0.1) is 6.07 Å². The molecule has 1 heterocycles. The number of ether oxygens (including phenoxy) is 1. The summed E-state index contributed by atoms with van der Waals surface area (Å²) in [6, 6.07) is 11.2. The molecule has 1 saturated carbocycles. The van der Waals surface area contributed by atoms with E-state index in [1.807, 2.05) is 12.1 Å². The zero-order chi connectivity index (χ0) is 19.8. The van der Waals surface area contributed by atoms with Gasteiger partial charge in [0.25, 0.3) is 0 Å². The maximum Gasteiger partial charge on any atom is 0.119 e. The first-order valence-electron chi connectivity index (χ1n) is 10.9. The van der Waals surface area contributed by atoms with Crippen molar-refractivity contribution in [3.05, 3.63) is 29.8 Å². The maximum atomic E-state index is 10.4. The first-order chi connectivity index (χ1) is 13.6. The average Bonchev–Trinajstić information content (AvgIpc) is 2.74. The molecule has 1 aliphatic heterocycles. The monoisotopic (exact) mass is 385 g/mol. The van der Waals surface area contributed by atoms with Gasteiger partial charge in [-0.05, 0) is 63.5 Å². The summed E-state index contributed by atoms with van der Waals surface area (Å²) >= 11 is 0. The van der Waals surface area contributed by atoms with Crippen molar-refractivity contribution < 1.29 is 9.84 Å². The van der Waals surface area contributed by atoms with Crippen molar-refractivity contribution in [1.82, 2.24) is 9.80 Å². The zero-order valence-corrected chi connectivity index (χ0v) is 17.2. The smallest absolute Gasteiger partial charge is 0.119 e. The first kappa shape index (κ1) is 21.1. The summed E-state index contributed by atoms with van der Waals surface area (Å²) < 4.78 is 5.88. The number of nitriles is 1. The van der Waals surface area contributed by atoms with Crippen molar-refractivity contribution >= 4 is 0 Å². The summed E-state index contributed by atoms with van der Waals surface area (Å²) in [7, 11) is 2.12. The Hall–Kier alpha value is -1.61. The van der Waals surface area contributed by atoms with Crippen molar-refractivity contribution in [2.75, 3.05) is 33.3 Å². The molecule has 2 aliphatic rings. The largest absolute Gasteiger partial charge is 0.491 e. The molecule has 1 N–H and O–H groups in total. The van der Waals surface area contributed by atoms with Crippen LogP contribution >= 0.6 is 0 Å². The van der Waals surface area contributed by atoms with Gasteiger partial charge in [-0.25, -0.2) is 0 Å². The average molecular weight is 386 g/mol. The van der Waals surface area contributed by atoms with Crippen molar-refractivity contribution in [3.8, 4) is 11.8 Å². The van der Waals surface area contributed by atoms with Crippen LogP contribution in [0.2, 0.25) is 0 Å². The molecule has 3 rings (SSSR count). The van der Waals surface area contributed by atoms with Crippen molar-refractivity contribution in [2.45, 2.75) is 63.6 Å². The predicted molar refractivity (Wildman–Crippen MR) is 111 cm³/mol. The molecule has 1 unspecified atom stereocenters. The van der Waals surface area contributed by atoms with Crippen LogP contribution in [0, 0.1) is 17.2 Å². The minimum absolute atomic E-state index is 0.221. The van der Waals surface area contributed by atoms with Crippen molar-refractivity contribution in [3.63, 3.8) is 0 Å². The lowest BCUT2D eigenvalue weighted by atomic mass is 9.94. The van der Waals surface area contributed by atoms with Gasteiger partial charge >= 0.3 is 0 Å². The molecule has 0 radical (unpaired) electrons. The van der Waals surface area contributed by atoms with E-state index in [0.29, 0.717) is 19.2 Å². The molecule has 2 fully saturated rings. The van der Waals surface area contributed by atoms with Crippen LogP contribution in [0.1, 0.15) is 50.5 Å². The molecule has 5 heteroatoms. The van der Waals surface area contributed by atoms with Gasteiger partial charge in [-0.3, -0.25) is 4.90 Å². The Bertz CT molecular complexity index is 631. The molecule has 0 bridgehead atoms. The molecule has 28 heavy (non-hydrogen) atoms. The Labute approximate surface area is 169 Å². The van der Waals surface area contributed by atoms with E-state index in [9.17, 15) is 5.11 Å². The summed E-state index contributed by atoms with van der Waals surface area (Å²) in [5.41, 5.74) is 1.22. The summed E-state index contributed by atoms with van der Waals surface area (Å²) in [5, 5.41) is 19.4. The van der Waals surface area contributed by atoms with E-state index in [1.165, 1.54) is 37.7 Å². The van der Waals surface area contributed by atoms with Crippen LogP contribution in [0.15, 0.2) is 24.3 Å². The summed E-state index contributed by atoms with van der Waals surface area (Å²) in [6.07, 6.45) is 7.92. The third-order valence-corrected chi connectivity index (χ3v) is 6.21. The number of benzene rings is 1. The normalized spacial score (nSPS) is 20.8. The lowest BCUT2D eigenvalue weighted by Crippen LogP contribution is -2.40. The van der Waals surface area contributed by atoms with Gasteiger partial charge in [0.1, 0.15) is 18.5 Å². The molecule has 1 aromatic carbocycles. The molecule has 0 amide bonds. The summed E-state index contributed by atoms with van der Waals surface area (Å²) in [5.74, 6) is 1.04. The van der Waals surface area contributed by atoms with Gasteiger partial charge in [-0.15, -0.1) is 0 Å². The fraction of sp³-hybridized carbons (Fsp3) is 0.696. The molecular formula is C23H35N3O2. The van der Waals surface area contributed by atoms with Crippen LogP contribution in [-0.4, -0.2) is 60.3 Å². The molecule has 5 nitrogen and oxygen atoms in total. The van der Waals surface area contributed by atoms with E-state index >= 15 is 0 Å². The van der Waals surface area contributed by atoms with E-state index in [0.717, 1.165) is 38.2 Å². The van der Waals surface area contributed by atoms with E-state index in [-0.39, 0.29) is 5.92 Å². The fourth-order valence-corrected chi connectivity index (χ4v) is 4.46. The second kappa shape index (κ2) is 10.8. The van der Waals surface area contributed by atoms with Gasteiger partial charge in [-0.2, -0.15) is 5.26 Å². The second-order valence-electron chi connectivity index (χ2n) is 8.52. The molecule has 1 saturated heterocycles. The van der Waals surface area contributed by atoms with Crippen molar-refractivity contribution in [2.24, 2.45) is 5.92 Å². The Morgan fingerprint density at radius 2 is 1.96 bits per heavy atom. The number of hydrogen-bond donors (Lipinski definition) is 1. The van der Waals surface area contributed by atoms with Crippen LogP contribution in [0.25, 0.3) is 0 Å². The van der Waals surface area contributed by atoms with E-state index in [4.69, 9.17) is 10.00 Å². The predicted octanol–water partition coefficient (Wildman–Crippen LogP) is 3.43. The Kier molecular flexibility index (Phi) is 8.14. The lowest BCUT2D eigenvalue weighted by molar-refractivity contribution is 0.0561. The van der Waals surface area contributed by atoms with Crippen LogP contribution < -0.4 is 4.74 Å². The van der Waals surface area contributed by atoms with E-state index in [2.05, 4.69) is 35.0 Å². The summed E-state index contributed by atoms with van der Waals surface area (Å²) in [4.78, 5) is 4.70. The van der Waals surface area contributed by atoms with Crippen LogP contribution in [0.5, 0.6) is 5.75 Å². The van der Waals surface area contributed by atoms with Gasteiger partial charge in [0.15, 0.2) is 0 Å². The number of aliphatic hydroxyl groups excluding tert-OH is 1. The first-order valence-corrected chi connectivity index (χ1v) is 10.9. The Balaban J connectivity index is 1.42. The SMILES string of the molecule is CN(CC(O)COc1cccc(CN2CCC(C#N)CC2)c1)C1CCCCC1. The van der Waals surface area contributed by atoms with Gasteiger partial charge < -0.3 is 14.7 Å². The minimum atomic E-state index is -0.472. The zero-order valence-electron chi connectivity index (χ0n) is 17.2. The number of nitrogens with zero attached hydrogens (tertiary/aromatic N) is 3. The number of rotatable bonds is 8. The highest BCUT2D eigenvalue weighted by Crippen LogP contribution is 2.22. The molecular weight excluding hydrogens is 350 g/mol.